The molecular formula is C16H21BrN2O. The zero-order chi connectivity index (χ0) is 14.2. The van der Waals surface area contributed by atoms with Crippen molar-refractivity contribution in [2.45, 2.75) is 19.4 Å². The summed E-state index contributed by atoms with van der Waals surface area (Å²) in [6.45, 7) is 5.72. The molecule has 1 heterocycles. The predicted octanol–water partition coefficient (Wildman–Crippen LogP) is 2.65. The Morgan fingerprint density at radius 2 is 2.15 bits per heavy atom. The van der Waals surface area contributed by atoms with E-state index in [1.165, 1.54) is 25.9 Å². The monoisotopic (exact) mass is 336 g/mol. The van der Waals surface area contributed by atoms with Crippen molar-refractivity contribution in [1.29, 1.82) is 0 Å². The summed E-state index contributed by atoms with van der Waals surface area (Å²) in [6, 6.07) is 6.01. The van der Waals surface area contributed by atoms with E-state index in [4.69, 9.17) is 11.2 Å². The first-order valence-electron chi connectivity index (χ1n) is 7.07. The Hall–Kier alpha value is -1.02. The number of ether oxygens (including phenoxy) is 1. The average Bonchev–Trinajstić information content (AvgIpc) is 2.96. The number of nitrogens with zero attached hydrogens (tertiary/aromatic N) is 1. The Balaban J connectivity index is 1.81. The average molecular weight is 337 g/mol. The van der Waals surface area contributed by atoms with E-state index in [0.717, 1.165) is 35.4 Å². The first kappa shape index (κ1) is 15.4. The molecule has 4 heteroatoms. The molecule has 1 N–H and O–H groups in total. The normalized spacial score (nSPS) is 15.2. The number of hydrogen-bond donors (Lipinski definition) is 1. The van der Waals surface area contributed by atoms with Gasteiger partial charge in [0.1, 0.15) is 12.4 Å². The van der Waals surface area contributed by atoms with Crippen molar-refractivity contribution in [2.75, 3.05) is 32.8 Å². The van der Waals surface area contributed by atoms with Gasteiger partial charge in [-0.15, -0.1) is 6.42 Å². The Kier molecular flexibility index (Phi) is 6.38. The number of benzene rings is 1. The second-order valence-electron chi connectivity index (χ2n) is 4.97. The van der Waals surface area contributed by atoms with Crippen molar-refractivity contribution in [1.82, 2.24) is 10.2 Å². The maximum atomic E-state index is 5.56. The fraction of sp³-hybridized carbons (Fsp3) is 0.500. The molecule has 1 aromatic rings. The number of rotatable bonds is 7. The van der Waals surface area contributed by atoms with Crippen LogP contribution in [0.4, 0.5) is 0 Å². The zero-order valence-electron chi connectivity index (χ0n) is 11.7. The maximum Gasteiger partial charge on any atom is 0.148 e. The van der Waals surface area contributed by atoms with Crippen LogP contribution in [0.15, 0.2) is 22.7 Å². The van der Waals surface area contributed by atoms with E-state index in [9.17, 15) is 0 Å². The van der Waals surface area contributed by atoms with Crippen molar-refractivity contribution in [3.8, 4) is 18.1 Å². The highest BCUT2D eigenvalue weighted by molar-refractivity contribution is 9.10. The minimum atomic E-state index is 0.308. The summed E-state index contributed by atoms with van der Waals surface area (Å²) in [5.41, 5.74) is 1.14. The van der Waals surface area contributed by atoms with Crippen LogP contribution in [-0.4, -0.2) is 37.7 Å². The van der Waals surface area contributed by atoms with Gasteiger partial charge in [-0.3, -0.25) is 0 Å². The minimum Gasteiger partial charge on any atom is -0.481 e. The second kappa shape index (κ2) is 8.31. The molecule has 0 spiro atoms. The van der Waals surface area contributed by atoms with Crippen molar-refractivity contribution < 1.29 is 4.74 Å². The van der Waals surface area contributed by atoms with Gasteiger partial charge in [-0.05, 0) is 44.1 Å². The highest BCUT2D eigenvalue weighted by Gasteiger charge is 2.10. The van der Waals surface area contributed by atoms with Gasteiger partial charge in [-0.2, -0.15) is 0 Å². The Bertz CT molecular complexity index is 464. The highest BCUT2D eigenvalue weighted by atomic mass is 79.9. The molecule has 1 aliphatic heterocycles. The lowest BCUT2D eigenvalue weighted by Crippen LogP contribution is -2.29. The molecule has 1 fully saturated rings. The molecule has 0 radical (unpaired) electrons. The smallest absolute Gasteiger partial charge is 0.148 e. The number of hydrogen-bond acceptors (Lipinski definition) is 3. The molecule has 0 aromatic heterocycles. The van der Waals surface area contributed by atoms with Crippen LogP contribution in [0.2, 0.25) is 0 Å². The fourth-order valence-electron chi connectivity index (χ4n) is 2.41. The number of terminal acetylenes is 1. The molecule has 108 valence electrons. The van der Waals surface area contributed by atoms with Gasteiger partial charge in [0.2, 0.25) is 0 Å². The van der Waals surface area contributed by atoms with Crippen LogP contribution in [-0.2, 0) is 6.54 Å². The van der Waals surface area contributed by atoms with Crippen LogP contribution in [0, 0.1) is 12.3 Å². The van der Waals surface area contributed by atoms with E-state index in [-0.39, 0.29) is 0 Å². The van der Waals surface area contributed by atoms with E-state index in [1.54, 1.807) is 0 Å². The molecule has 20 heavy (non-hydrogen) atoms. The lowest BCUT2D eigenvalue weighted by Gasteiger charge is -2.15. The van der Waals surface area contributed by atoms with Gasteiger partial charge in [-0.25, -0.2) is 0 Å². The Morgan fingerprint density at radius 3 is 2.90 bits per heavy atom. The topological polar surface area (TPSA) is 24.5 Å². The zero-order valence-corrected chi connectivity index (χ0v) is 13.3. The third-order valence-electron chi connectivity index (χ3n) is 3.45. The summed E-state index contributed by atoms with van der Waals surface area (Å²) in [7, 11) is 0. The van der Waals surface area contributed by atoms with E-state index >= 15 is 0 Å². The SMILES string of the molecule is C#CCOc1ccc(Br)cc1CNCCN1CCCC1. The van der Waals surface area contributed by atoms with Crippen molar-refractivity contribution in [2.24, 2.45) is 0 Å². The molecular weight excluding hydrogens is 316 g/mol. The molecule has 0 aliphatic carbocycles. The third-order valence-corrected chi connectivity index (χ3v) is 3.95. The minimum absolute atomic E-state index is 0.308. The summed E-state index contributed by atoms with van der Waals surface area (Å²) in [6.07, 6.45) is 7.93. The summed E-state index contributed by atoms with van der Waals surface area (Å²) >= 11 is 3.50. The Morgan fingerprint density at radius 1 is 1.35 bits per heavy atom. The van der Waals surface area contributed by atoms with E-state index in [2.05, 4.69) is 38.1 Å². The predicted molar refractivity (Wildman–Crippen MR) is 85.9 cm³/mol. The molecule has 1 saturated heterocycles. The molecule has 0 bridgehead atoms. The van der Waals surface area contributed by atoms with Gasteiger partial charge in [0.15, 0.2) is 0 Å². The van der Waals surface area contributed by atoms with Gasteiger partial charge in [0, 0.05) is 29.7 Å². The largest absolute Gasteiger partial charge is 0.481 e. The van der Waals surface area contributed by atoms with Crippen LogP contribution in [0.3, 0.4) is 0 Å². The van der Waals surface area contributed by atoms with Gasteiger partial charge in [-0.1, -0.05) is 21.9 Å². The van der Waals surface area contributed by atoms with E-state index in [0.29, 0.717) is 6.61 Å². The van der Waals surface area contributed by atoms with Crippen LogP contribution in [0.5, 0.6) is 5.75 Å². The number of likely N-dealkylation sites (tertiary alicyclic amines) is 1. The van der Waals surface area contributed by atoms with Crippen molar-refractivity contribution >= 4 is 15.9 Å². The molecule has 2 rings (SSSR count). The van der Waals surface area contributed by atoms with E-state index < -0.39 is 0 Å². The van der Waals surface area contributed by atoms with Crippen LogP contribution in [0.1, 0.15) is 18.4 Å². The molecule has 1 aromatic carbocycles. The standard InChI is InChI=1S/C16H21BrN2O/c1-2-11-20-16-6-5-15(17)12-14(16)13-18-7-10-19-8-3-4-9-19/h1,5-6,12,18H,3-4,7-11,13H2. The summed E-state index contributed by atoms with van der Waals surface area (Å²) in [5, 5.41) is 3.48. The lowest BCUT2D eigenvalue weighted by atomic mass is 10.2. The van der Waals surface area contributed by atoms with Crippen LogP contribution in [0.25, 0.3) is 0 Å². The number of halogens is 1. The lowest BCUT2D eigenvalue weighted by molar-refractivity contribution is 0.333. The first-order chi connectivity index (χ1) is 9.79. The second-order valence-corrected chi connectivity index (χ2v) is 5.89. The Labute approximate surface area is 129 Å². The van der Waals surface area contributed by atoms with Gasteiger partial charge in [0.05, 0.1) is 0 Å². The summed E-state index contributed by atoms with van der Waals surface area (Å²) < 4.78 is 6.62. The molecule has 3 nitrogen and oxygen atoms in total. The fourth-order valence-corrected chi connectivity index (χ4v) is 2.82. The number of nitrogens with one attached hydrogen (secondary N) is 1. The van der Waals surface area contributed by atoms with Crippen molar-refractivity contribution in [3.05, 3.63) is 28.2 Å². The molecule has 0 unspecified atom stereocenters. The van der Waals surface area contributed by atoms with E-state index in [1.807, 2.05) is 12.1 Å². The van der Waals surface area contributed by atoms with Crippen LogP contribution < -0.4 is 10.1 Å². The maximum absolute atomic E-state index is 5.56. The van der Waals surface area contributed by atoms with Gasteiger partial charge < -0.3 is 15.0 Å². The van der Waals surface area contributed by atoms with Crippen molar-refractivity contribution in [3.63, 3.8) is 0 Å². The molecule has 1 aliphatic rings. The quantitative estimate of drug-likeness (QED) is 0.612. The van der Waals surface area contributed by atoms with Crippen LogP contribution >= 0.6 is 15.9 Å². The molecule has 0 amide bonds. The highest BCUT2D eigenvalue weighted by Crippen LogP contribution is 2.23. The third kappa shape index (κ3) is 4.82. The van der Waals surface area contributed by atoms with Gasteiger partial charge >= 0.3 is 0 Å². The molecule has 0 saturated carbocycles. The van der Waals surface area contributed by atoms with Gasteiger partial charge in [0.25, 0.3) is 0 Å². The molecule has 0 atom stereocenters. The summed E-state index contributed by atoms with van der Waals surface area (Å²) in [4.78, 5) is 2.50. The first-order valence-corrected chi connectivity index (χ1v) is 7.86. The summed E-state index contributed by atoms with van der Waals surface area (Å²) in [5.74, 6) is 3.36.